The number of alkyl halides is 3. The predicted octanol–water partition coefficient (Wildman–Crippen LogP) is 3.44. The van der Waals surface area contributed by atoms with Crippen molar-refractivity contribution in [3.63, 3.8) is 0 Å². The fourth-order valence-corrected chi connectivity index (χ4v) is 2.21. The quantitative estimate of drug-likeness (QED) is 0.689. The predicted molar refractivity (Wildman–Crippen MR) is 86.9 cm³/mol. The summed E-state index contributed by atoms with van der Waals surface area (Å²) in [5.41, 5.74) is -0.834. The molecular weight excluding hydrogens is 368 g/mol. The van der Waals surface area contributed by atoms with Crippen LogP contribution in [0, 0.1) is 5.82 Å². The molecule has 27 heavy (non-hydrogen) atoms. The highest BCUT2D eigenvalue weighted by Gasteiger charge is 2.31. The second-order valence-corrected chi connectivity index (χ2v) is 5.36. The fraction of sp³-hybridized carbons (Fsp3) is 0.118. The monoisotopic (exact) mass is 380 g/mol. The average molecular weight is 380 g/mol. The van der Waals surface area contributed by atoms with E-state index in [2.05, 4.69) is 15.4 Å². The summed E-state index contributed by atoms with van der Waals surface area (Å²) in [5.74, 6) is -0.916. The molecule has 0 aliphatic heterocycles. The van der Waals surface area contributed by atoms with Crippen LogP contribution in [0.25, 0.3) is 5.69 Å². The number of nitrogens with zero attached hydrogens (tertiary/aromatic N) is 3. The number of carbonyl (C=O) groups excluding carboxylic acids is 1. The van der Waals surface area contributed by atoms with Gasteiger partial charge in [-0.25, -0.2) is 14.1 Å². The van der Waals surface area contributed by atoms with Gasteiger partial charge < -0.3 is 10.1 Å². The van der Waals surface area contributed by atoms with Crippen molar-refractivity contribution in [1.82, 2.24) is 14.8 Å². The van der Waals surface area contributed by atoms with Gasteiger partial charge in [-0.3, -0.25) is 4.79 Å². The Labute approximate surface area is 150 Å². The fourth-order valence-electron chi connectivity index (χ4n) is 2.21. The number of ether oxygens (including phenoxy) is 1. The van der Waals surface area contributed by atoms with E-state index in [4.69, 9.17) is 4.74 Å². The normalized spacial score (nSPS) is 11.3. The first-order chi connectivity index (χ1) is 12.8. The van der Waals surface area contributed by atoms with E-state index in [1.54, 1.807) is 0 Å². The zero-order valence-corrected chi connectivity index (χ0v) is 13.6. The maximum atomic E-state index is 13.0. The van der Waals surface area contributed by atoms with Crippen molar-refractivity contribution in [3.05, 3.63) is 66.5 Å². The molecule has 10 heteroatoms. The van der Waals surface area contributed by atoms with Crippen LogP contribution < -0.4 is 10.1 Å². The molecule has 2 aromatic carbocycles. The van der Waals surface area contributed by atoms with E-state index in [0.717, 1.165) is 24.3 Å². The second-order valence-electron chi connectivity index (χ2n) is 5.36. The van der Waals surface area contributed by atoms with Gasteiger partial charge in [-0.05, 0) is 42.5 Å². The van der Waals surface area contributed by atoms with Gasteiger partial charge in [0, 0.05) is 0 Å². The van der Waals surface area contributed by atoms with E-state index in [9.17, 15) is 22.4 Å². The summed E-state index contributed by atoms with van der Waals surface area (Å²) >= 11 is 0. The summed E-state index contributed by atoms with van der Waals surface area (Å²) in [6.07, 6.45) is -2.08. The van der Waals surface area contributed by atoms with E-state index in [1.807, 2.05) is 0 Å². The van der Waals surface area contributed by atoms with Crippen molar-refractivity contribution < 1.29 is 27.1 Å². The van der Waals surface area contributed by atoms with Crippen LogP contribution in [0.2, 0.25) is 0 Å². The number of amides is 1. The molecule has 1 amide bonds. The highest BCUT2D eigenvalue weighted by Crippen LogP contribution is 2.33. The van der Waals surface area contributed by atoms with E-state index in [1.165, 1.54) is 35.5 Å². The van der Waals surface area contributed by atoms with E-state index in [-0.39, 0.29) is 17.1 Å². The highest BCUT2D eigenvalue weighted by molar-refractivity contribution is 5.94. The topological polar surface area (TPSA) is 69.0 Å². The number of benzene rings is 2. The molecule has 1 heterocycles. The average Bonchev–Trinajstić information content (AvgIpc) is 3.15. The van der Waals surface area contributed by atoms with E-state index in [0.29, 0.717) is 0 Å². The number of anilines is 1. The van der Waals surface area contributed by atoms with Crippen molar-refractivity contribution in [2.75, 3.05) is 11.9 Å². The Balaban J connectivity index is 1.79. The van der Waals surface area contributed by atoms with Gasteiger partial charge in [0.1, 0.15) is 24.2 Å². The third kappa shape index (κ3) is 4.60. The van der Waals surface area contributed by atoms with Crippen LogP contribution in [0.15, 0.2) is 55.1 Å². The third-order valence-corrected chi connectivity index (χ3v) is 3.45. The first-order valence-corrected chi connectivity index (χ1v) is 7.57. The summed E-state index contributed by atoms with van der Waals surface area (Å²) in [6, 6.07) is 7.82. The first-order valence-electron chi connectivity index (χ1n) is 7.57. The Morgan fingerprint density at radius 1 is 1.15 bits per heavy atom. The standard InChI is InChI=1S/C17H12F4N4O2/c18-12-2-4-13(5-3-12)27-8-16(26)24-14-7-11(17(19,20)21)1-6-15(14)25-10-22-9-23-25/h1-7,9-10H,8H2,(H,24,26). The zero-order valence-electron chi connectivity index (χ0n) is 13.6. The van der Waals surface area contributed by atoms with Crippen LogP contribution >= 0.6 is 0 Å². The lowest BCUT2D eigenvalue weighted by atomic mass is 10.1. The molecule has 0 atom stereocenters. The van der Waals surface area contributed by atoms with Crippen LogP contribution in [-0.2, 0) is 11.0 Å². The van der Waals surface area contributed by atoms with Gasteiger partial charge in [0.25, 0.3) is 5.91 Å². The first kappa shape index (κ1) is 18.4. The van der Waals surface area contributed by atoms with Gasteiger partial charge in [0.05, 0.1) is 16.9 Å². The van der Waals surface area contributed by atoms with Crippen LogP contribution in [0.4, 0.5) is 23.2 Å². The molecule has 3 aromatic rings. The maximum absolute atomic E-state index is 13.0. The van der Waals surface area contributed by atoms with Crippen molar-refractivity contribution >= 4 is 11.6 Å². The van der Waals surface area contributed by atoms with Crippen LogP contribution in [0.3, 0.4) is 0 Å². The van der Waals surface area contributed by atoms with Crippen molar-refractivity contribution in [2.24, 2.45) is 0 Å². The minimum Gasteiger partial charge on any atom is -0.484 e. The summed E-state index contributed by atoms with van der Waals surface area (Å²) in [7, 11) is 0. The molecule has 0 saturated heterocycles. The Hall–Kier alpha value is -3.43. The Kier molecular flexibility index (Phi) is 5.06. The number of nitrogens with one attached hydrogen (secondary N) is 1. The lowest BCUT2D eigenvalue weighted by Gasteiger charge is -2.14. The highest BCUT2D eigenvalue weighted by atomic mass is 19.4. The molecule has 0 fully saturated rings. The molecule has 0 bridgehead atoms. The molecule has 1 aromatic heterocycles. The number of halogens is 4. The van der Waals surface area contributed by atoms with Gasteiger partial charge >= 0.3 is 6.18 Å². The smallest absolute Gasteiger partial charge is 0.416 e. The van der Waals surface area contributed by atoms with Gasteiger partial charge in [-0.15, -0.1) is 0 Å². The third-order valence-electron chi connectivity index (χ3n) is 3.45. The molecule has 0 aliphatic rings. The second kappa shape index (κ2) is 7.44. The SMILES string of the molecule is O=C(COc1ccc(F)cc1)Nc1cc(C(F)(F)F)ccc1-n1cncn1. The summed E-state index contributed by atoms with van der Waals surface area (Å²) in [6.45, 7) is -0.474. The Morgan fingerprint density at radius 3 is 2.52 bits per heavy atom. The molecule has 6 nitrogen and oxygen atoms in total. The summed E-state index contributed by atoms with van der Waals surface area (Å²) in [5, 5.41) is 6.22. The minimum absolute atomic E-state index is 0.108. The van der Waals surface area contributed by atoms with E-state index < -0.39 is 30.1 Å². The maximum Gasteiger partial charge on any atom is 0.416 e. The molecule has 0 spiro atoms. The molecule has 0 radical (unpaired) electrons. The van der Waals surface area contributed by atoms with Crippen LogP contribution in [-0.4, -0.2) is 27.3 Å². The number of aromatic nitrogens is 3. The number of hydrogen-bond donors (Lipinski definition) is 1. The minimum atomic E-state index is -4.58. The molecule has 1 N–H and O–H groups in total. The molecule has 0 aliphatic carbocycles. The molecule has 0 unspecified atom stereocenters. The zero-order chi connectivity index (χ0) is 19.4. The van der Waals surface area contributed by atoms with Gasteiger partial charge in [0.15, 0.2) is 6.61 Å². The van der Waals surface area contributed by atoms with E-state index >= 15 is 0 Å². The molecular formula is C17H12F4N4O2. The lowest BCUT2D eigenvalue weighted by Crippen LogP contribution is -2.21. The van der Waals surface area contributed by atoms with Crippen LogP contribution in [0.5, 0.6) is 5.75 Å². The molecule has 0 saturated carbocycles. The molecule has 3 rings (SSSR count). The van der Waals surface area contributed by atoms with Crippen molar-refractivity contribution in [1.29, 1.82) is 0 Å². The summed E-state index contributed by atoms with van der Waals surface area (Å²) in [4.78, 5) is 15.8. The Bertz CT molecular complexity index is 925. The van der Waals surface area contributed by atoms with Gasteiger partial charge in [-0.2, -0.15) is 18.3 Å². The largest absolute Gasteiger partial charge is 0.484 e. The number of carbonyl (C=O) groups is 1. The summed E-state index contributed by atoms with van der Waals surface area (Å²) < 4.78 is 58.2. The van der Waals surface area contributed by atoms with Crippen LogP contribution in [0.1, 0.15) is 5.56 Å². The van der Waals surface area contributed by atoms with Crippen molar-refractivity contribution in [3.8, 4) is 11.4 Å². The van der Waals surface area contributed by atoms with Crippen molar-refractivity contribution in [2.45, 2.75) is 6.18 Å². The number of hydrogen-bond acceptors (Lipinski definition) is 4. The molecule has 140 valence electrons. The van der Waals surface area contributed by atoms with Gasteiger partial charge in [0.2, 0.25) is 0 Å². The van der Waals surface area contributed by atoms with Gasteiger partial charge in [-0.1, -0.05) is 0 Å². The Morgan fingerprint density at radius 2 is 1.89 bits per heavy atom. The lowest BCUT2D eigenvalue weighted by molar-refractivity contribution is -0.137. The number of rotatable bonds is 5.